The summed E-state index contributed by atoms with van der Waals surface area (Å²) in [6.07, 6.45) is -10.8. The van der Waals surface area contributed by atoms with Crippen LogP contribution in [-0.4, -0.2) is 72.0 Å². The summed E-state index contributed by atoms with van der Waals surface area (Å²) in [5.41, 5.74) is -6.56. The first-order valence-corrected chi connectivity index (χ1v) is 13.9. The number of carbonyl (C=O) groups is 3. The topological polar surface area (TPSA) is 155 Å². The number of halogens is 9. The molecule has 0 aliphatic heterocycles. The molecule has 0 radical (unpaired) electrons. The Morgan fingerprint density at radius 2 is 1.83 bits per heavy atom. The number of aryl methyl sites for hydroxylation is 1. The summed E-state index contributed by atoms with van der Waals surface area (Å²) >= 11 is 6.27. The smallest absolute Gasteiger partial charge is 0.459 e. The van der Waals surface area contributed by atoms with E-state index in [2.05, 4.69) is 15.5 Å². The van der Waals surface area contributed by atoms with E-state index in [1.165, 1.54) is 12.1 Å². The van der Waals surface area contributed by atoms with Crippen LogP contribution in [0, 0.1) is 17.2 Å². The van der Waals surface area contributed by atoms with E-state index in [0.29, 0.717) is 4.68 Å². The van der Waals surface area contributed by atoms with Gasteiger partial charge in [-0.05, 0) is 37.0 Å². The van der Waals surface area contributed by atoms with Gasteiger partial charge in [0.15, 0.2) is 18.2 Å². The van der Waals surface area contributed by atoms with E-state index in [-0.39, 0.29) is 45.7 Å². The number of carboxylic acid groups (broad SMARTS) is 1. The van der Waals surface area contributed by atoms with Crippen molar-refractivity contribution in [3.63, 3.8) is 0 Å². The minimum Gasteiger partial charge on any atom is -0.481 e. The fourth-order valence-electron chi connectivity index (χ4n) is 4.88. The summed E-state index contributed by atoms with van der Waals surface area (Å²) in [5.74, 6) is -10.0. The number of rotatable bonds is 9. The second kappa shape index (κ2) is 11.6. The molecule has 0 bridgehead atoms. The first-order valence-electron chi connectivity index (χ1n) is 13.6. The van der Waals surface area contributed by atoms with E-state index in [0.717, 1.165) is 30.4 Å². The van der Waals surface area contributed by atoms with Gasteiger partial charge in [0.05, 0.1) is 28.8 Å². The third kappa shape index (κ3) is 6.21. The lowest BCUT2D eigenvalue weighted by atomic mass is 10.0. The summed E-state index contributed by atoms with van der Waals surface area (Å²) in [6, 6.07) is 4.97. The molecule has 2 unspecified atom stereocenters. The Hall–Kier alpha value is -4.93. The lowest BCUT2D eigenvalue weighted by molar-refractivity contribution is -0.292. The maximum absolute atomic E-state index is 14.1. The first-order chi connectivity index (χ1) is 22.2. The molecule has 2 N–H and O–H groups in total. The van der Waals surface area contributed by atoms with Crippen LogP contribution >= 0.6 is 11.6 Å². The molecule has 2 amide bonds. The predicted octanol–water partition coefficient (Wildman–Crippen LogP) is 5.25. The highest BCUT2D eigenvalue weighted by Gasteiger charge is 2.64. The Morgan fingerprint density at radius 3 is 2.38 bits per heavy atom. The fraction of sp³-hybridized carbons (Fsp3) is 0.407. The van der Waals surface area contributed by atoms with Crippen LogP contribution in [0.15, 0.2) is 30.6 Å². The summed E-state index contributed by atoms with van der Waals surface area (Å²) in [5, 5.41) is 27.5. The van der Waals surface area contributed by atoms with Crippen LogP contribution in [0.2, 0.25) is 5.02 Å². The highest BCUT2D eigenvalue weighted by molar-refractivity contribution is 6.34. The summed E-state index contributed by atoms with van der Waals surface area (Å²) in [4.78, 5) is 37.8. The molecular formula is C27H20ClF8N7O5. The zero-order valence-corrected chi connectivity index (χ0v) is 24.8. The van der Waals surface area contributed by atoms with Gasteiger partial charge in [0.2, 0.25) is 0 Å². The van der Waals surface area contributed by atoms with E-state index < -0.39 is 77.5 Å². The predicted molar refractivity (Wildman–Crippen MR) is 143 cm³/mol. The van der Waals surface area contributed by atoms with Crippen molar-refractivity contribution in [2.24, 2.45) is 13.0 Å². The molecule has 12 nitrogen and oxygen atoms in total. The van der Waals surface area contributed by atoms with E-state index in [1.807, 2.05) is 6.07 Å². The number of benzene rings is 1. The summed E-state index contributed by atoms with van der Waals surface area (Å²) in [6.45, 7) is -0.743. The highest BCUT2D eigenvalue weighted by Crippen LogP contribution is 2.49. The number of carboxylic acids is 1. The van der Waals surface area contributed by atoms with Crippen molar-refractivity contribution in [1.29, 1.82) is 5.26 Å². The van der Waals surface area contributed by atoms with Crippen molar-refractivity contribution in [2.45, 2.75) is 49.1 Å². The Bertz CT molecular complexity index is 1840. The Kier molecular flexibility index (Phi) is 8.35. The number of hydrogen-bond donors (Lipinski definition) is 2. The van der Waals surface area contributed by atoms with Gasteiger partial charge < -0.3 is 15.2 Å². The molecule has 48 heavy (non-hydrogen) atoms. The number of hydrogen-bond acceptors (Lipinski definition) is 7. The van der Waals surface area contributed by atoms with Crippen molar-refractivity contribution < 1.29 is 59.4 Å². The van der Waals surface area contributed by atoms with Crippen LogP contribution in [0.3, 0.4) is 0 Å². The molecule has 2 aliphatic carbocycles. The van der Waals surface area contributed by atoms with Crippen LogP contribution in [0.5, 0.6) is 0 Å². The number of aliphatic carboxylic acids is 1. The van der Waals surface area contributed by atoms with Gasteiger partial charge in [-0.2, -0.15) is 50.6 Å². The molecule has 0 saturated heterocycles. The molecule has 0 spiro atoms. The molecule has 2 atom stereocenters. The van der Waals surface area contributed by atoms with E-state index in [1.54, 1.807) is 0 Å². The highest BCUT2D eigenvalue weighted by atomic mass is 35.5. The van der Waals surface area contributed by atoms with Gasteiger partial charge >= 0.3 is 30.3 Å². The van der Waals surface area contributed by atoms with Crippen LogP contribution in [0.25, 0.3) is 16.9 Å². The standard InChI is InChI=1S/C27H20ClF8N7O5/c1-41-20(18(26(31,32)33)19(40-41)25(29,30)27(34,35)36)43-9-13(8-38-43)12-2-3-16(28)14(6-12)21(44)42(24(10-37)4-5-24)11-48-23(47)39-17-7-15(17)22(45)46/h2-3,6,8-9,15,17H,4-5,7,11H2,1H3,(H,39,47)(H,45,46). The van der Waals surface area contributed by atoms with E-state index in [9.17, 15) is 54.8 Å². The van der Waals surface area contributed by atoms with Crippen LogP contribution in [0.4, 0.5) is 39.9 Å². The van der Waals surface area contributed by atoms with Gasteiger partial charge in [0.25, 0.3) is 5.91 Å². The number of nitrogens with zero attached hydrogens (tertiary/aromatic N) is 6. The van der Waals surface area contributed by atoms with Gasteiger partial charge in [-0.3, -0.25) is 14.5 Å². The number of alkyl carbamates (subject to hydrolysis) is 1. The monoisotopic (exact) mass is 709 g/mol. The normalized spacial score (nSPS) is 18.5. The van der Waals surface area contributed by atoms with Crippen molar-refractivity contribution >= 4 is 29.6 Å². The number of nitrogens with one attached hydrogen (secondary N) is 1. The SMILES string of the molecule is Cn1nc(C(F)(F)C(F)(F)F)c(C(F)(F)F)c1-n1cc(-c2ccc(Cl)c(C(=O)N(COC(=O)NC3CC3C(=O)O)C3(C#N)CC3)c2)cn1. The third-order valence-electron chi connectivity index (χ3n) is 7.71. The molecule has 3 aromatic rings. The third-order valence-corrected chi connectivity index (χ3v) is 8.04. The maximum Gasteiger partial charge on any atom is 0.459 e. The summed E-state index contributed by atoms with van der Waals surface area (Å²) in [7, 11) is 0.718. The minimum absolute atomic E-state index is 0.0415. The number of aromatic nitrogens is 4. The molecular weight excluding hydrogens is 690 g/mol. The second-order valence-corrected chi connectivity index (χ2v) is 11.4. The molecule has 2 aromatic heterocycles. The zero-order chi connectivity index (χ0) is 35.6. The van der Waals surface area contributed by atoms with Crippen LogP contribution in [0.1, 0.15) is 40.9 Å². The van der Waals surface area contributed by atoms with Gasteiger partial charge in [-0.1, -0.05) is 17.7 Å². The fourth-order valence-corrected chi connectivity index (χ4v) is 5.07. The molecule has 2 fully saturated rings. The molecule has 21 heteroatoms. The van der Waals surface area contributed by atoms with Gasteiger partial charge in [-0.15, -0.1) is 0 Å². The second-order valence-electron chi connectivity index (χ2n) is 11.0. The zero-order valence-electron chi connectivity index (χ0n) is 24.0. The number of ether oxygens (including phenoxy) is 1. The lowest BCUT2D eigenvalue weighted by Gasteiger charge is -2.27. The van der Waals surface area contributed by atoms with Crippen LogP contribution < -0.4 is 5.32 Å². The first kappa shape index (κ1) is 34.4. The number of carbonyl (C=O) groups excluding carboxylic acids is 2. The maximum atomic E-state index is 14.1. The Morgan fingerprint density at radius 1 is 1.17 bits per heavy atom. The molecule has 2 heterocycles. The summed E-state index contributed by atoms with van der Waals surface area (Å²) < 4.78 is 115. The molecule has 2 saturated carbocycles. The van der Waals surface area contributed by atoms with Crippen molar-refractivity contribution in [3.8, 4) is 23.0 Å². The largest absolute Gasteiger partial charge is 0.481 e. The van der Waals surface area contributed by atoms with Crippen molar-refractivity contribution in [3.05, 3.63) is 52.4 Å². The van der Waals surface area contributed by atoms with Gasteiger partial charge in [0.1, 0.15) is 11.1 Å². The molecule has 2 aliphatic rings. The van der Waals surface area contributed by atoms with Gasteiger partial charge in [-0.25, -0.2) is 14.2 Å². The Labute approximate surface area is 268 Å². The number of nitriles is 1. The van der Waals surface area contributed by atoms with Crippen molar-refractivity contribution in [2.75, 3.05) is 6.73 Å². The number of amides is 2. The molecule has 1 aromatic carbocycles. The number of alkyl halides is 8. The average Bonchev–Trinajstić information content (AvgIpc) is 3.85. The Balaban J connectivity index is 1.44. The minimum atomic E-state index is -6.39. The van der Waals surface area contributed by atoms with Crippen molar-refractivity contribution in [1.82, 2.24) is 29.8 Å². The lowest BCUT2D eigenvalue weighted by Crippen LogP contribution is -2.44. The molecule has 5 rings (SSSR count). The average molecular weight is 710 g/mol. The van der Waals surface area contributed by atoms with Gasteiger partial charge in [0, 0.05) is 24.8 Å². The van der Waals surface area contributed by atoms with E-state index in [4.69, 9.17) is 21.4 Å². The molecule has 256 valence electrons. The quantitative estimate of drug-likeness (QED) is 0.225. The van der Waals surface area contributed by atoms with Crippen LogP contribution in [-0.2, 0) is 28.7 Å². The van der Waals surface area contributed by atoms with E-state index >= 15 is 0 Å².